The van der Waals surface area contributed by atoms with Crippen LogP contribution in [0.15, 0.2) is 23.8 Å². The van der Waals surface area contributed by atoms with Crippen molar-refractivity contribution in [3.05, 3.63) is 44.5 Å². The van der Waals surface area contributed by atoms with E-state index in [1.54, 1.807) is 20.8 Å². The molecular weight excluding hydrogens is 366 g/mol. The Morgan fingerprint density at radius 2 is 1.81 bits per heavy atom. The molecule has 0 unspecified atom stereocenters. The van der Waals surface area contributed by atoms with E-state index in [1.165, 1.54) is 12.1 Å². The SMILES string of the molecule is CCOC(=O)/C(=C\c1cc([N+](=O)[O-])ccc1Cl)C(=O)C(OCC)OCC. The lowest BCUT2D eigenvalue weighted by Crippen LogP contribution is -2.32. The minimum Gasteiger partial charge on any atom is -0.462 e. The minimum atomic E-state index is -1.29. The summed E-state index contributed by atoms with van der Waals surface area (Å²) >= 11 is 6.04. The van der Waals surface area contributed by atoms with Gasteiger partial charge in [0.15, 0.2) is 0 Å². The van der Waals surface area contributed by atoms with Crippen molar-refractivity contribution >= 4 is 35.1 Å². The molecule has 8 nitrogen and oxygen atoms in total. The Hall–Kier alpha value is -2.29. The number of Topliss-reactive ketones (excluding diaryl/α,β-unsaturated/α-hetero) is 1. The van der Waals surface area contributed by atoms with Crippen LogP contribution in [-0.4, -0.2) is 42.8 Å². The van der Waals surface area contributed by atoms with Crippen molar-refractivity contribution < 1.29 is 28.7 Å². The number of non-ortho nitro benzene ring substituents is 1. The standard InChI is InChI=1S/C17H20ClNO7/c1-4-24-16(21)13(15(20)17(25-5-2)26-6-3)10-11-9-12(19(22)23)7-8-14(11)18/h7-10,17H,4-6H2,1-3H3/b13-10-. The first-order valence-corrected chi connectivity index (χ1v) is 8.33. The number of ether oxygens (including phenoxy) is 3. The third kappa shape index (κ3) is 5.91. The molecule has 0 spiro atoms. The van der Waals surface area contributed by atoms with Gasteiger partial charge in [-0.15, -0.1) is 0 Å². The summed E-state index contributed by atoms with van der Waals surface area (Å²) in [6.07, 6.45) is -0.154. The van der Waals surface area contributed by atoms with Crippen LogP contribution < -0.4 is 0 Å². The van der Waals surface area contributed by atoms with Gasteiger partial charge in [-0.25, -0.2) is 4.79 Å². The number of halogens is 1. The van der Waals surface area contributed by atoms with E-state index < -0.39 is 23.0 Å². The number of hydrogen-bond acceptors (Lipinski definition) is 7. The van der Waals surface area contributed by atoms with Gasteiger partial charge in [0.25, 0.3) is 5.69 Å². The predicted molar refractivity (Wildman–Crippen MR) is 94.8 cm³/mol. The molecule has 0 saturated heterocycles. The van der Waals surface area contributed by atoms with E-state index in [-0.39, 0.29) is 41.7 Å². The molecule has 26 heavy (non-hydrogen) atoms. The summed E-state index contributed by atoms with van der Waals surface area (Å²) in [5.74, 6) is -1.65. The van der Waals surface area contributed by atoms with Gasteiger partial charge < -0.3 is 14.2 Å². The summed E-state index contributed by atoms with van der Waals surface area (Å²) in [5, 5.41) is 11.1. The van der Waals surface area contributed by atoms with Crippen molar-refractivity contribution in [2.75, 3.05) is 19.8 Å². The molecule has 0 heterocycles. The van der Waals surface area contributed by atoms with Crippen LogP contribution in [0.4, 0.5) is 5.69 Å². The van der Waals surface area contributed by atoms with Gasteiger partial charge in [-0.2, -0.15) is 0 Å². The number of nitro groups is 1. The number of carbonyl (C=O) groups is 2. The van der Waals surface area contributed by atoms with Gasteiger partial charge >= 0.3 is 5.97 Å². The summed E-state index contributed by atoms with van der Waals surface area (Å²) in [4.78, 5) is 35.2. The largest absolute Gasteiger partial charge is 0.462 e. The van der Waals surface area contributed by atoms with Crippen molar-refractivity contribution in [3.8, 4) is 0 Å². The summed E-state index contributed by atoms with van der Waals surface area (Å²) in [6.45, 7) is 5.34. The van der Waals surface area contributed by atoms with Crippen molar-refractivity contribution in [1.82, 2.24) is 0 Å². The lowest BCUT2D eigenvalue weighted by atomic mass is 10.1. The predicted octanol–water partition coefficient (Wildman–Crippen LogP) is 3.16. The maximum Gasteiger partial charge on any atom is 0.341 e. The fourth-order valence-corrected chi connectivity index (χ4v) is 2.15. The molecule has 0 aliphatic rings. The molecule has 0 N–H and O–H groups in total. The first kappa shape index (κ1) is 21.8. The number of rotatable bonds is 10. The van der Waals surface area contributed by atoms with Crippen LogP contribution in [0.2, 0.25) is 5.02 Å². The maximum absolute atomic E-state index is 12.7. The van der Waals surface area contributed by atoms with Crippen LogP contribution in [0.25, 0.3) is 6.08 Å². The second-order valence-electron chi connectivity index (χ2n) is 4.85. The Morgan fingerprint density at radius 3 is 2.31 bits per heavy atom. The van der Waals surface area contributed by atoms with Gasteiger partial charge in [0.1, 0.15) is 5.57 Å². The van der Waals surface area contributed by atoms with E-state index in [2.05, 4.69) is 0 Å². The monoisotopic (exact) mass is 385 g/mol. The smallest absolute Gasteiger partial charge is 0.341 e. The third-order valence-corrected chi connectivity index (χ3v) is 3.45. The highest BCUT2D eigenvalue weighted by molar-refractivity contribution is 6.32. The summed E-state index contributed by atoms with van der Waals surface area (Å²) < 4.78 is 15.3. The Morgan fingerprint density at radius 1 is 1.19 bits per heavy atom. The molecular formula is C17H20ClNO7. The van der Waals surface area contributed by atoms with Crippen molar-refractivity contribution in [2.24, 2.45) is 0 Å². The topological polar surface area (TPSA) is 105 Å². The quantitative estimate of drug-likeness (QED) is 0.116. The molecule has 0 atom stereocenters. The Balaban J connectivity index is 3.39. The van der Waals surface area contributed by atoms with Crippen LogP contribution in [0.5, 0.6) is 0 Å². The van der Waals surface area contributed by atoms with Crippen molar-refractivity contribution in [2.45, 2.75) is 27.1 Å². The average Bonchev–Trinajstić information content (AvgIpc) is 2.60. The zero-order valence-electron chi connectivity index (χ0n) is 14.7. The number of nitrogens with zero attached hydrogens (tertiary/aromatic N) is 1. The molecule has 142 valence electrons. The number of carbonyl (C=O) groups excluding carboxylic acids is 2. The molecule has 0 aromatic heterocycles. The zero-order chi connectivity index (χ0) is 19.7. The number of esters is 1. The first-order valence-electron chi connectivity index (χ1n) is 7.95. The number of benzene rings is 1. The van der Waals surface area contributed by atoms with E-state index in [1.807, 2.05) is 0 Å². The molecule has 0 fully saturated rings. The third-order valence-electron chi connectivity index (χ3n) is 3.10. The van der Waals surface area contributed by atoms with Gasteiger partial charge in [0, 0.05) is 35.9 Å². The van der Waals surface area contributed by atoms with Crippen molar-refractivity contribution in [3.63, 3.8) is 0 Å². The molecule has 0 saturated carbocycles. The molecule has 0 amide bonds. The highest BCUT2D eigenvalue weighted by Gasteiger charge is 2.29. The Kier molecular flexibility index (Phi) is 8.91. The van der Waals surface area contributed by atoms with Crippen LogP contribution in [0, 0.1) is 10.1 Å². The van der Waals surface area contributed by atoms with Crippen LogP contribution in [-0.2, 0) is 23.8 Å². The molecule has 0 radical (unpaired) electrons. The zero-order valence-corrected chi connectivity index (χ0v) is 15.4. The molecule has 0 aliphatic carbocycles. The fraction of sp³-hybridized carbons (Fsp3) is 0.412. The number of nitro benzene ring substituents is 1. The van der Waals surface area contributed by atoms with Crippen molar-refractivity contribution in [1.29, 1.82) is 0 Å². The highest BCUT2D eigenvalue weighted by Crippen LogP contribution is 2.25. The van der Waals surface area contributed by atoms with E-state index in [9.17, 15) is 19.7 Å². The molecule has 0 bridgehead atoms. The summed E-state index contributed by atoms with van der Waals surface area (Å²) in [6, 6.07) is 3.68. The van der Waals surface area contributed by atoms with E-state index in [0.29, 0.717) is 0 Å². The second-order valence-corrected chi connectivity index (χ2v) is 5.26. The van der Waals surface area contributed by atoms with Gasteiger partial charge in [-0.3, -0.25) is 14.9 Å². The lowest BCUT2D eigenvalue weighted by molar-refractivity contribution is -0.384. The van der Waals surface area contributed by atoms with E-state index in [0.717, 1.165) is 12.1 Å². The van der Waals surface area contributed by atoms with Gasteiger partial charge in [0.05, 0.1) is 11.5 Å². The highest BCUT2D eigenvalue weighted by atomic mass is 35.5. The molecule has 1 aromatic carbocycles. The Bertz CT molecular complexity index is 696. The van der Waals surface area contributed by atoms with Crippen LogP contribution in [0.1, 0.15) is 26.3 Å². The minimum absolute atomic E-state index is 0.0417. The number of ketones is 1. The van der Waals surface area contributed by atoms with Gasteiger partial charge in [-0.05, 0) is 32.9 Å². The normalized spacial score (nSPS) is 11.5. The first-order chi connectivity index (χ1) is 12.3. The van der Waals surface area contributed by atoms with Crippen LogP contribution >= 0.6 is 11.6 Å². The van der Waals surface area contributed by atoms with Crippen LogP contribution in [0.3, 0.4) is 0 Å². The van der Waals surface area contributed by atoms with Gasteiger partial charge in [-0.1, -0.05) is 11.6 Å². The molecule has 9 heteroatoms. The molecule has 1 aromatic rings. The second kappa shape index (κ2) is 10.6. The summed E-state index contributed by atoms with van der Waals surface area (Å²) in [5.41, 5.74) is -0.479. The van der Waals surface area contributed by atoms with E-state index >= 15 is 0 Å². The number of hydrogen-bond donors (Lipinski definition) is 0. The molecule has 0 aliphatic heterocycles. The molecule has 1 rings (SSSR count). The fourth-order valence-electron chi connectivity index (χ4n) is 1.98. The lowest BCUT2D eigenvalue weighted by Gasteiger charge is -2.17. The summed E-state index contributed by atoms with van der Waals surface area (Å²) in [7, 11) is 0. The van der Waals surface area contributed by atoms with Gasteiger partial charge in [0.2, 0.25) is 12.1 Å². The maximum atomic E-state index is 12.7. The Labute approximate surface area is 155 Å². The van der Waals surface area contributed by atoms with E-state index in [4.69, 9.17) is 25.8 Å². The average molecular weight is 386 g/mol.